The van der Waals surface area contributed by atoms with E-state index in [1.54, 1.807) is 14.2 Å². The Labute approximate surface area is 129 Å². The molecule has 4 heteroatoms. The molecule has 4 nitrogen and oxygen atoms in total. The second-order valence-electron chi connectivity index (χ2n) is 5.13. The van der Waals surface area contributed by atoms with Gasteiger partial charge >= 0.3 is 0 Å². The van der Waals surface area contributed by atoms with E-state index in [0.29, 0.717) is 6.04 Å². The van der Waals surface area contributed by atoms with Crippen LogP contribution in [0.15, 0.2) is 24.3 Å². The minimum Gasteiger partial charge on any atom is -0.385 e. The molecule has 0 fully saturated rings. The molecule has 0 amide bonds. The summed E-state index contributed by atoms with van der Waals surface area (Å²) in [6, 6.07) is 9.03. The van der Waals surface area contributed by atoms with Crippen LogP contribution in [0.5, 0.6) is 0 Å². The van der Waals surface area contributed by atoms with Crippen LogP contribution in [0.2, 0.25) is 0 Å². The topological polar surface area (TPSA) is 33.7 Å². The van der Waals surface area contributed by atoms with Crippen LogP contribution < -0.4 is 10.2 Å². The fourth-order valence-corrected chi connectivity index (χ4v) is 2.60. The molecule has 0 aliphatic carbocycles. The van der Waals surface area contributed by atoms with Crippen molar-refractivity contribution in [2.45, 2.75) is 25.8 Å². The van der Waals surface area contributed by atoms with Crippen molar-refractivity contribution in [1.29, 1.82) is 0 Å². The Morgan fingerprint density at radius 2 is 1.81 bits per heavy atom. The number of anilines is 1. The number of ether oxygens (including phenoxy) is 2. The smallest absolute Gasteiger partial charge is 0.0637 e. The van der Waals surface area contributed by atoms with Gasteiger partial charge in [0, 0.05) is 45.6 Å². The highest BCUT2D eigenvalue weighted by Gasteiger charge is 2.15. The minimum atomic E-state index is 0.383. The summed E-state index contributed by atoms with van der Waals surface area (Å²) in [5, 5.41) is 3.40. The molecule has 1 rings (SSSR count). The van der Waals surface area contributed by atoms with Crippen molar-refractivity contribution >= 4 is 5.69 Å². The van der Waals surface area contributed by atoms with Crippen molar-refractivity contribution in [3.8, 4) is 0 Å². The standard InChI is InChI=1S/C17H30N2O2/c1-5-16(18-2)15-9-6-7-10-17(15)19(12-14-21-4)11-8-13-20-3/h6-7,9-10,16,18H,5,8,11-14H2,1-4H3. The molecule has 0 radical (unpaired) electrons. The number of nitrogens with zero attached hydrogens (tertiary/aromatic N) is 1. The largest absolute Gasteiger partial charge is 0.385 e. The lowest BCUT2D eigenvalue weighted by Gasteiger charge is -2.29. The molecule has 0 aliphatic heterocycles. The number of nitrogens with one attached hydrogen (secondary N) is 1. The molecule has 1 atom stereocenters. The van der Waals surface area contributed by atoms with E-state index in [4.69, 9.17) is 9.47 Å². The summed E-state index contributed by atoms with van der Waals surface area (Å²) in [6.07, 6.45) is 2.09. The van der Waals surface area contributed by atoms with Crippen LogP contribution in [0.3, 0.4) is 0 Å². The number of benzene rings is 1. The first kappa shape index (κ1) is 18.0. The highest BCUT2D eigenvalue weighted by molar-refractivity contribution is 5.55. The summed E-state index contributed by atoms with van der Waals surface area (Å²) in [6.45, 7) is 5.61. The van der Waals surface area contributed by atoms with Gasteiger partial charge in [0.1, 0.15) is 0 Å². The molecule has 0 saturated carbocycles. The third-order valence-corrected chi connectivity index (χ3v) is 3.75. The normalized spacial score (nSPS) is 12.4. The number of methoxy groups -OCH3 is 2. The molecule has 0 spiro atoms. The van der Waals surface area contributed by atoms with Gasteiger partial charge in [-0.2, -0.15) is 0 Å². The average molecular weight is 294 g/mol. The predicted octanol–water partition coefficient (Wildman–Crippen LogP) is 2.85. The summed E-state index contributed by atoms with van der Waals surface area (Å²) in [5.41, 5.74) is 2.66. The number of hydrogen-bond donors (Lipinski definition) is 1. The maximum atomic E-state index is 5.26. The summed E-state index contributed by atoms with van der Waals surface area (Å²) in [4.78, 5) is 2.40. The molecule has 0 aromatic heterocycles. The van der Waals surface area contributed by atoms with Crippen molar-refractivity contribution in [1.82, 2.24) is 5.32 Å². The first-order valence-electron chi connectivity index (χ1n) is 7.77. The maximum Gasteiger partial charge on any atom is 0.0637 e. The molecule has 0 heterocycles. The highest BCUT2D eigenvalue weighted by Crippen LogP contribution is 2.28. The van der Waals surface area contributed by atoms with Gasteiger partial charge in [0.25, 0.3) is 0 Å². The van der Waals surface area contributed by atoms with Gasteiger partial charge in [-0.25, -0.2) is 0 Å². The molecule has 1 aromatic carbocycles. The molecule has 1 aromatic rings. The molecule has 1 unspecified atom stereocenters. The van der Waals surface area contributed by atoms with Crippen molar-refractivity contribution in [3.63, 3.8) is 0 Å². The first-order chi connectivity index (χ1) is 10.3. The quantitative estimate of drug-likeness (QED) is 0.636. The van der Waals surface area contributed by atoms with Crippen molar-refractivity contribution in [3.05, 3.63) is 29.8 Å². The van der Waals surface area contributed by atoms with E-state index >= 15 is 0 Å². The Bertz CT molecular complexity index is 381. The van der Waals surface area contributed by atoms with E-state index in [2.05, 4.69) is 41.4 Å². The third-order valence-electron chi connectivity index (χ3n) is 3.75. The Morgan fingerprint density at radius 3 is 2.43 bits per heavy atom. The fraction of sp³-hybridized carbons (Fsp3) is 0.647. The molecular weight excluding hydrogens is 264 g/mol. The number of para-hydroxylation sites is 1. The van der Waals surface area contributed by atoms with Crippen LogP contribution in [0.4, 0.5) is 5.69 Å². The van der Waals surface area contributed by atoms with E-state index in [1.165, 1.54) is 11.3 Å². The van der Waals surface area contributed by atoms with E-state index < -0.39 is 0 Å². The van der Waals surface area contributed by atoms with Gasteiger partial charge in [0.2, 0.25) is 0 Å². The van der Waals surface area contributed by atoms with Gasteiger partial charge in [-0.15, -0.1) is 0 Å². The van der Waals surface area contributed by atoms with E-state index in [-0.39, 0.29) is 0 Å². The second-order valence-corrected chi connectivity index (χ2v) is 5.13. The van der Waals surface area contributed by atoms with Crippen LogP contribution in [0.1, 0.15) is 31.4 Å². The van der Waals surface area contributed by atoms with Gasteiger partial charge < -0.3 is 19.7 Å². The molecular formula is C17H30N2O2. The van der Waals surface area contributed by atoms with Crippen molar-refractivity contribution in [2.75, 3.05) is 52.5 Å². The van der Waals surface area contributed by atoms with Gasteiger partial charge in [0.05, 0.1) is 6.61 Å². The van der Waals surface area contributed by atoms with E-state index in [1.807, 2.05) is 7.05 Å². The lowest BCUT2D eigenvalue weighted by Crippen LogP contribution is -2.31. The lowest BCUT2D eigenvalue weighted by molar-refractivity contribution is 0.191. The fourth-order valence-electron chi connectivity index (χ4n) is 2.60. The Kier molecular flexibility index (Phi) is 9.06. The number of hydrogen-bond acceptors (Lipinski definition) is 4. The second kappa shape index (κ2) is 10.6. The molecule has 0 bridgehead atoms. The molecule has 0 saturated heterocycles. The van der Waals surface area contributed by atoms with E-state index in [0.717, 1.165) is 39.1 Å². The molecule has 1 N–H and O–H groups in total. The zero-order valence-corrected chi connectivity index (χ0v) is 13.9. The van der Waals surface area contributed by atoms with Gasteiger partial charge in [0.15, 0.2) is 0 Å². The van der Waals surface area contributed by atoms with Crippen LogP contribution in [-0.2, 0) is 9.47 Å². The Morgan fingerprint density at radius 1 is 1.10 bits per heavy atom. The van der Waals surface area contributed by atoms with Crippen LogP contribution in [-0.4, -0.2) is 47.6 Å². The Hall–Kier alpha value is -1.10. The zero-order valence-electron chi connectivity index (χ0n) is 13.9. The van der Waals surface area contributed by atoms with E-state index in [9.17, 15) is 0 Å². The van der Waals surface area contributed by atoms with Gasteiger partial charge in [-0.3, -0.25) is 0 Å². The maximum absolute atomic E-state index is 5.26. The minimum absolute atomic E-state index is 0.383. The highest BCUT2D eigenvalue weighted by atomic mass is 16.5. The first-order valence-corrected chi connectivity index (χ1v) is 7.77. The zero-order chi connectivity index (χ0) is 15.5. The monoisotopic (exact) mass is 294 g/mol. The van der Waals surface area contributed by atoms with Crippen molar-refractivity contribution in [2.24, 2.45) is 0 Å². The van der Waals surface area contributed by atoms with Gasteiger partial charge in [-0.1, -0.05) is 25.1 Å². The third kappa shape index (κ3) is 5.65. The SMILES string of the molecule is CCC(NC)c1ccccc1N(CCCOC)CCOC. The number of rotatable bonds is 11. The molecule has 120 valence electrons. The summed E-state index contributed by atoms with van der Waals surface area (Å²) in [5.74, 6) is 0. The lowest BCUT2D eigenvalue weighted by atomic mass is 10.0. The summed E-state index contributed by atoms with van der Waals surface area (Å²) < 4.78 is 10.4. The summed E-state index contributed by atoms with van der Waals surface area (Å²) in [7, 11) is 5.53. The molecule has 0 aliphatic rings. The summed E-state index contributed by atoms with van der Waals surface area (Å²) >= 11 is 0. The van der Waals surface area contributed by atoms with Crippen molar-refractivity contribution < 1.29 is 9.47 Å². The Balaban J connectivity index is 2.93. The molecule has 21 heavy (non-hydrogen) atoms. The van der Waals surface area contributed by atoms with Crippen LogP contribution in [0.25, 0.3) is 0 Å². The predicted molar refractivity (Wildman–Crippen MR) is 89.1 cm³/mol. The van der Waals surface area contributed by atoms with Gasteiger partial charge in [-0.05, 0) is 31.5 Å². The average Bonchev–Trinajstić information content (AvgIpc) is 2.53. The van der Waals surface area contributed by atoms with Crippen LogP contribution >= 0.6 is 0 Å². The van der Waals surface area contributed by atoms with Crippen LogP contribution in [0, 0.1) is 0 Å².